The number of likely N-dealkylation sites (tertiary alicyclic amines) is 1. The zero-order chi connectivity index (χ0) is 23.8. The van der Waals surface area contributed by atoms with E-state index in [0.29, 0.717) is 29.6 Å². The fourth-order valence-electron chi connectivity index (χ4n) is 5.96. The molecule has 5 fully saturated rings. The molecule has 1 saturated carbocycles. The zero-order valence-electron chi connectivity index (χ0n) is 20.9. The zero-order valence-corrected chi connectivity index (χ0v) is 20.9. The molecule has 5 aliphatic rings. The maximum Gasteiger partial charge on any atom is 0.222 e. The number of hydrogen-bond donors (Lipinski definition) is 0. The third kappa shape index (κ3) is 6.60. The molecule has 1 aromatic carbocycles. The molecule has 188 valence electrons. The summed E-state index contributed by atoms with van der Waals surface area (Å²) in [6, 6.07) is 13.1. The van der Waals surface area contributed by atoms with Crippen LogP contribution in [0.3, 0.4) is 0 Å². The van der Waals surface area contributed by atoms with Crippen LogP contribution < -0.4 is 0 Å². The minimum Gasteiger partial charge on any atom is -0.377 e. The summed E-state index contributed by atoms with van der Waals surface area (Å²) in [7, 11) is 2.23. The van der Waals surface area contributed by atoms with Gasteiger partial charge in [-0.1, -0.05) is 36.4 Å². The summed E-state index contributed by atoms with van der Waals surface area (Å²) in [5.74, 6) is 0.394. The van der Waals surface area contributed by atoms with Crippen LogP contribution >= 0.6 is 0 Å². The Hall–Kier alpha value is -1.92. The summed E-state index contributed by atoms with van der Waals surface area (Å²) in [6.45, 7) is 3.99. The van der Waals surface area contributed by atoms with E-state index in [2.05, 4.69) is 16.8 Å². The van der Waals surface area contributed by atoms with E-state index in [9.17, 15) is 9.59 Å². The third-order valence-corrected chi connectivity index (χ3v) is 8.35. The lowest BCUT2D eigenvalue weighted by atomic mass is 9.95. The van der Waals surface area contributed by atoms with Crippen LogP contribution in [0.2, 0.25) is 0 Å². The molecule has 4 saturated heterocycles. The number of amides is 2. The molecule has 1 aromatic rings. The molecule has 4 heterocycles. The largest absolute Gasteiger partial charge is 0.377 e. The first-order valence-corrected chi connectivity index (χ1v) is 13.4. The molecule has 2 amide bonds. The van der Waals surface area contributed by atoms with Crippen LogP contribution in [0.25, 0.3) is 0 Å². The summed E-state index contributed by atoms with van der Waals surface area (Å²) in [5, 5.41) is 0. The Balaban J connectivity index is 0.000000149. The van der Waals surface area contributed by atoms with Gasteiger partial charge in [0.2, 0.25) is 12.3 Å². The van der Waals surface area contributed by atoms with E-state index in [-0.39, 0.29) is 0 Å². The number of nitrogens with zero attached hydrogens (tertiary/aromatic N) is 3. The van der Waals surface area contributed by atoms with Crippen LogP contribution in [-0.2, 0) is 14.3 Å². The lowest BCUT2D eigenvalue weighted by Crippen LogP contribution is -2.47. The first kappa shape index (κ1) is 25.2. The minimum absolute atomic E-state index is 0.377. The van der Waals surface area contributed by atoms with Gasteiger partial charge in [-0.2, -0.15) is 0 Å². The highest BCUT2D eigenvalue weighted by Crippen LogP contribution is 2.48. The lowest BCUT2D eigenvalue weighted by Gasteiger charge is -2.38. The molecule has 0 bridgehead atoms. The number of likely N-dealkylation sites (N-methyl/N-ethyl adjacent to an activating group) is 1. The molecule has 2 unspecified atom stereocenters. The SMILES string of the molecule is CN(CC1CCO1)C1CCCC(=O)N2CCC[C@@H]2C1.O=CN1CCCC12CC2.c1ccccc1. The van der Waals surface area contributed by atoms with Crippen LogP contribution in [0, 0.1) is 0 Å². The first-order valence-electron chi connectivity index (χ1n) is 13.4. The second-order valence-corrected chi connectivity index (χ2v) is 10.7. The van der Waals surface area contributed by atoms with Crippen LogP contribution in [0.1, 0.15) is 70.6 Å². The quantitative estimate of drug-likeness (QED) is 0.623. The molecule has 34 heavy (non-hydrogen) atoms. The maximum atomic E-state index is 12.1. The average molecular weight is 470 g/mol. The fraction of sp³-hybridized carbons (Fsp3) is 0.714. The lowest BCUT2D eigenvalue weighted by molar-refractivity contribution is -0.133. The van der Waals surface area contributed by atoms with Crippen LogP contribution in [0.15, 0.2) is 36.4 Å². The van der Waals surface area contributed by atoms with E-state index in [1.165, 1.54) is 51.4 Å². The monoisotopic (exact) mass is 469 g/mol. The summed E-state index contributed by atoms with van der Waals surface area (Å²) < 4.78 is 5.55. The third-order valence-electron chi connectivity index (χ3n) is 8.35. The predicted octanol–water partition coefficient (Wildman–Crippen LogP) is 4.10. The number of carbonyl (C=O) groups excluding carboxylic acids is 2. The molecule has 6 rings (SSSR count). The van der Waals surface area contributed by atoms with Gasteiger partial charge >= 0.3 is 0 Å². The van der Waals surface area contributed by atoms with Gasteiger partial charge in [0.1, 0.15) is 0 Å². The van der Waals surface area contributed by atoms with Crippen molar-refractivity contribution in [2.45, 2.75) is 94.4 Å². The van der Waals surface area contributed by atoms with E-state index >= 15 is 0 Å². The van der Waals surface area contributed by atoms with Crippen LogP contribution in [0.4, 0.5) is 0 Å². The Labute approximate surface area is 205 Å². The molecule has 1 spiro atoms. The summed E-state index contributed by atoms with van der Waals surface area (Å²) in [5.41, 5.74) is 0.377. The molecule has 1 aliphatic carbocycles. The second-order valence-electron chi connectivity index (χ2n) is 10.7. The van der Waals surface area contributed by atoms with Crippen molar-refractivity contribution in [2.75, 3.05) is 33.3 Å². The highest BCUT2D eigenvalue weighted by Gasteiger charge is 2.50. The van der Waals surface area contributed by atoms with Crippen molar-refractivity contribution in [3.8, 4) is 0 Å². The van der Waals surface area contributed by atoms with E-state index in [1.807, 2.05) is 41.3 Å². The molecular weight excluding hydrogens is 426 g/mol. The van der Waals surface area contributed by atoms with Gasteiger partial charge in [0.15, 0.2) is 0 Å². The number of carbonyl (C=O) groups is 2. The van der Waals surface area contributed by atoms with Crippen molar-refractivity contribution in [3.05, 3.63) is 36.4 Å². The molecule has 0 aromatic heterocycles. The van der Waals surface area contributed by atoms with Crippen molar-refractivity contribution < 1.29 is 14.3 Å². The van der Waals surface area contributed by atoms with Crippen molar-refractivity contribution >= 4 is 12.3 Å². The topological polar surface area (TPSA) is 53.1 Å². The number of benzene rings is 1. The number of hydrogen-bond acceptors (Lipinski definition) is 4. The molecule has 0 radical (unpaired) electrons. The standard InChI is InChI=1S/C15H26N2O2.C7H11NO.C6H6/c1-16(11-14-7-9-19-14)12-4-2-6-15(18)17-8-3-5-13(17)10-12;9-6-8-5-1-2-7(8)3-4-7;1-2-4-6-5-3-1/h12-14H,2-11H2,1H3;6H,1-5H2;1-6H/t12?,13-,14?;;/m1../s1. The molecule has 4 aliphatic heterocycles. The molecule has 6 heteroatoms. The Kier molecular flexibility index (Phi) is 9.01. The first-order chi connectivity index (χ1) is 16.6. The summed E-state index contributed by atoms with van der Waals surface area (Å²) >= 11 is 0. The Bertz CT molecular complexity index is 739. The van der Waals surface area contributed by atoms with Crippen LogP contribution in [-0.4, -0.2) is 84.0 Å². The number of fused-ring (bicyclic) bond motifs is 1. The minimum atomic E-state index is 0.377. The molecule has 6 nitrogen and oxygen atoms in total. The van der Waals surface area contributed by atoms with Gasteiger partial charge in [0, 0.05) is 50.3 Å². The van der Waals surface area contributed by atoms with Gasteiger partial charge < -0.3 is 19.4 Å². The maximum absolute atomic E-state index is 12.1. The normalized spacial score (nSPS) is 29.1. The van der Waals surface area contributed by atoms with Gasteiger partial charge in [-0.05, 0) is 71.3 Å². The van der Waals surface area contributed by atoms with E-state index in [4.69, 9.17) is 4.74 Å². The molecular formula is C28H43N3O3. The second kappa shape index (κ2) is 12.2. The Morgan fingerprint density at radius 2 is 1.71 bits per heavy atom. The van der Waals surface area contributed by atoms with Crippen LogP contribution in [0.5, 0.6) is 0 Å². The smallest absolute Gasteiger partial charge is 0.222 e. The highest BCUT2D eigenvalue weighted by molar-refractivity contribution is 5.76. The molecule has 0 N–H and O–H groups in total. The highest BCUT2D eigenvalue weighted by atomic mass is 16.5. The van der Waals surface area contributed by atoms with Crippen molar-refractivity contribution in [2.24, 2.45) is 0 Å². The summed E-state index contributed by atoms with van der Waals surface area (Å²) in [6.07, 6.45) is 14.2. The van der Waals surface area contributed by atoms with Crippen molar-refractivity contribution in [1.29, 1.82) is 0 Å². The number of rotatable bonds is 4. The van der Waals surface area contributed by atoms with E-state index < -0.39 is 0 Å². The summed E-state index contributed by atoms with van der Waals surface area (Å²) in [4.78, 5) is 29.1. The van der Waals surface area contributed by atoms with Gasteiger partial charge in [-0.25, -0.2) is 0 Å². The molecule has 3 atom stereocenters. The van der Waals surface area contributed by atoms with Gasteiger partial charge in [-0.3, -0.25) is 9.59 Å². The van der Waals surface area contributed by atoms with Crippen molar-refractivity contribution in [1.82, 2.24) is 14.7 Å². The Morgan fingerprint density at radius 3 is 2.26 bits per heavy atom. The van der Waals surface area contributed by atoms with Crippen molar-refractivity contribution in [3.63, 3.8) is 0 Å². The Morgan fingerprint density at radius 1 is 1.00 bits per heavy atom. The van der Waals surface area contributed by atoms with E-state index in [1.54, 1.807) is 0 Å². The van der Waals surface area contributed by atoms with Gasteiger partial charge in [0.05, 0.1) is 6.10 Å². The fourth-order valence-corrected chi connectivity index (χ4v) is 5.96. The van der Waals surface area contributed by atoms with Gasteiger partial charge in [-0.15, -0.1) is 0 Å². The van der Waals surface area contributed by atoms with E-state index in [0.717, 1.165) is 51.9 Å². The average Bonchev–Trinajstić information content (AvgIpc) is 3.27. The predicted molar refractivity (Wildman–Crippen MR) is 134 cm³/mol. The number of ether oxygens (including phenoxy) is 1. The van der Waals surface area contributed by atoms with Gasteiger partial charge in [0.25, 0.3) is 0 Å².